The van der Waals surface area contributed by atoms with Gasteiger partial charge in [0.2, 0.25) is 5.95 Å². The molecule has 3 rings (SSSR count). The van der Waals surface area contributed by atoms with Gasteiger partial charge in [0, 0.05) is 6.54 Å². The summed E-state index contributed by atoms with van der Waals surface area (Å²) in [4.78, 5) is 4.23. The number of aromatic nitrogens is 2. The minimum atomic E-state index is -0.234. The number of rotatable bonds is 2. The maximum Gasteiger partial charge on any atom is 0.201 e. The van der Waals surface area contributed by atoms with E-state index in [9.17, 15) is 4.39 Å². The minimum absolute atomic E-state index is 0.234. The third kappa shape index (κ3) is 2.07. The van der Waals surface area contributed by atoms with Gasteiger partial charge in [0.15, 0.2) is 0 Å². The summed E-state index contributed by atoms with van der Waals surface area (Å²) in [7, 11) is 0. The van der Waals surface area contributed by atoms with Crippen LogP contribution in [0.25, 0.3) is 11.0 Å². The average molecular weight is 265 g/mol. The van der Waals surface area contributed by atoms with Crippen LogP contribution in [0.15, 0.2) is 18.2 Å². The maximum absolute atomic E-state index is 13.9. The Kier molecular flexibility index (Phi) is 3.16. The van der Waals surface area contributed by atoms with E-state index in [1.807, 2.05) is 22.4 Å². The Bertz CT molecular complexity index is 561. The van der Waals surface area contributed by atoms with Crippen LogP contribution in [0.4, 0.5) is 10.3 Å². The van der Waals surface area contributed by atoms with Crippen LogP contribution in [0, 0.1) is 11.7 Å². The van der Waals surface area contributed by atoms with Gasteiger partial charge in [-0.05, 0) is 42.4 Å². The fourth-order valence-corrected chi connectivity index (χ4v) is 3.74. The molecule has 0 atom stereocenters. The Morgan fingerprint density at radius 3 is 2.94 bits per heavy atom. The molecule has 0 bridgehead atoms. The van der Waals surface area contributed by atoms with Gasteiger partial charge in [0.25, 0.3) is 0 Å². The fraction of sp³-hybridized carbons (Fsp3) is 0.462. The Hall–Kier alpha value is -1.23. The highest BCUT2D eigenvalue weighted by Gasteiger charge is 2.18. The molecule has 0 radical (unpaired) electrons. The van der Waals surface area contributed by atoms with E-state index in [1.54, 1.807) is 6.07 Å². The first-order valence-corrected chi connectivity index (χ1v) is 7.39. The van der Waals surface area contributed by atoms with E-state index in [0.29, 0.717) is 22.9 Å². The molecule has 2 heterocycles. The molecular formula is C13H16FN3S. The molecule has 5 heteroatoms. The van der Waals surface area contributed by atoms with Gasteiger partial charge >= 0.3 is 0 Å². The second-order valence-corrected chi connectivity index (χ2v) is 5.97. The van der Waals surface area contributed by atoms with Crippen LogP contribution in [0.3, 0.4) is 0 Å². The van der Waals surface area contributed by atoms with E-state index in [4.69, 9.17) is 5.73 Å². The van der Waals surface area contributed by atoms with Gasteiger partial charge in [-0.25, -0.2) is 9.37 Å². The van der Waals surface area contributed by atoms with Crippen LogP contribution in [-0.4, -0.2) is 21.1 Å². The Labute approximate surface area is 110 Å². The van der Waals surface area contributed by atoms with Crippen molar-refractivity contribution in [2.24, 2.45) is 5.92 Å². The number of nitrogens with zero attached hydrogens (tertiary/aromatic N) is 2. The van der Waals surface area contributed by atoms with Crippen molar-refractivity contribution in [2.75, 3.05) is 17.2 Å². The van der Waals surface area contributed by atoms with Crippen LogP contribution in [-0.2, 0) is 6.54 Å². The van der Waals surface area contributed by atoms with Crippen molar-refractivity contribution < 1.29 is 4.39 Å². The molecule has 3 nitrogen and oxygen atoms in total. The smallest absolute Gasteiger partial charge is 0.201 e. The summed E-state index contributed by atoms with van der Waals surface area (Å²) in [5.41, 5.74) is 7.12. The largest absolute Gasteiger partial charge is 0.369 e. The zero-order valence-corrected chi connectivity index (χ0v) is 10.9. The highest BCUT2D eigenvalue weighted by Crippen LogP contribution is 2.28. The molecule has 1 aromatic heterocycles. The minimum Gasteiger partial charge on any atom is -0.369 e. The molecule has 1 aliphatic rings. The molecular weight excluding hydrogens is 249 g/mol. The Balaban J connectivity index is 1.97. The second kappa shape index (κ2) is 4.80. The highest BCUT2D eigenvalue weighted by atomic mass is 32.2. The molecule has 96 valence electrons. The first kappa shape index (κ1) is 11.8. The number of para-hydroxylation sites is 1. The topological polar surface area (TPSA) is 43.8 Å². The number of benzene rings is 1. The second-order valence-electron chi connectivity index (χ2n) is 4.74. The zero-order chi connectivity index (χ0) is 12.5. The highest BCUT2D eigenvalue weighted by molar-refractivity contribution is 7.99. The quantitative estimate of drug-likeness (QED) is 0.908. The molecule has 0 saturated carbocycles. The van der Waals surface area contributed by atoms with E-state index in [1.165, 1.54) is 30.4 Å². The third-order valence-electron chi connectivity index (χ3n) is 3.53. The summed E-state index contributed by atoms with van der Waals surface area (Å²) in [6.07, 6.45) is 2.36. The van der Waals surface area contributed by atoms with Crippen molar-refractivity contribution in [1.82, 2.24) is 9.55 Å². The number of halogens is 1. The van der Waals surface area contributed by atoms with E-state index in [2.05, 4.69) is 4.98 Å². The van der Waals surface area contributed by atoms with E-state index < -0.39 is 0 Å². The van der Waals surface area contributed by atoms with Gasteiger partial charge in [-0.1, -0.05) is 6.07 Å². The third-order valence-corrected chi connectivity index (χ3v) is 4.58. The molecule has 0 spiro atoms. The zero-order valence-electron chi connectivity index (χ0n) is 10.1. The lowest BCUT2D eigenvalue weighted by Crippen LogP contribution is -2.17. The van der Waals surface area contributed by atoms with Gasteiger partial charge in [-0.3, -0.25) is 0 Å². The number of thioether (sulfide) groups is 1. The molecule has 0 amide bonds. The molecule has 0 aliphatic carbocycles. The monoisotopic (exact) mass is 265 g/mol. The van der Waals surface area contributed by atoms with Crippen LogP contribution in [0.1, 0.15) is 12.8 Å². The van der Waals surface area contributed by atoms with Gasteiger partial charge in [-0.2, -0.15) is 11.8 Å². The number of hydrogen-bond donors (Lipinski definition) is 1. The Morgan fingerprint density at radius 1 is 1.39 bits per heavy atom. The van der Waals surface area contributed by atoms with Crippen molar-refractivity contribution in [1.29, 1.82) is 0 Å². The summed E-state index contributed by atoms with van der Waals surface area (Å²) in [6, 6.07) is 4.95. The van der Waals surface area contributed by atoms with Crippen molar-refractivity contribution >= 4 is 28.7 Å². The molecule has 0 unspecified atom stereocenters. The van der Waals surface area contributed by atoms with Crippen LogP contribution < -0.4 is 5.73 Å². The molecule has 2 N–H and O–H groups in total. The molecule has 2 aromatic rings. The van der Waals surface area contributed by atoms with Crippen LogP contribution in [0.5, 0.6) is 0 Å². The lowest BCUT2D eigenvalue weighted by atomic mass is 10.0. The molecule has 1 saturated heterocycles. The van der Waals surface area contributed by atoms with Gasteiger partial charge in [0.05, 0.1) is 5.52 Å². The maximum atomic E-state index is 13.9. The number of nitrogens with two attached hydrogens (primary N) is 1. The summed E-state index contributed by atoms with van der Waals surface area (Å²) >= 11 is 1.99. The van der Waals surface area contributed by atoms with Crippen molar-refractivity contribution in [2.45, 2.75) is 19.4 Å². The van der Waals surface area contributed by atoms with Crippen molar-refractivity contribution in [3.63, 3.8) is 0 Å². The number of nitrogen functional groups attached to an aromatic ring is 1. The van der Waals surface area contributed by atoms with Crippen molar-refractivity contribution in [3.05, 3.63) is 24.0 Å². The predicted octanol–water partition coefficient (Wildman–Crippen LogP) is 2.90. The summed E-state index contributed by atoms with van der Waals surface area (Å²) in [6.45, 7) is 0.782. The summed E-state index contributed by atoms with van der Waals surface area (Å²) < 4.78 is 15.7. The molecule has 18 heavy (non-hydrogen) atoms. The first-order valence-electron chi connectivity index (χ1n) is 6.23. The number of hydrogen-bond acceptors (Lipinski definition) is 3. The van der Waals surface area contributed by atoms with Gasteiger partial charge in [-0.15, -0.1) is 0 Å². The van der Waals surface area contributed by atoms with Crippen LogP contribution >= 0.6 is 11.8 Å². The number of fused-ring (bicyclic) bond motifs is 1. The van der Waals surface area contributed by atoms with Gasteiger partial charge in [0.1, 0.15) is 11.3 Å². The van der Waals surface area contributed by atoms with Crippen LogP contribution in [0.2, 0.25) is 0 Å². The van der Waals surface area contributed by atoms with E-state index in [0.717, 1.165) is 6.54 Å². The number of imidazole rings is 1. The van der Waals surface area contributed by atoms with Crippen molar-refractivity contribution in [3.8, 4) is 0 Å². The van der Waals surface area contributed by atoms with Gasteiger partial charge < -0.3 is 10.3 Å². The lowest BCUT2D eigenvalue weighted by Gasteiger charge is -2.22. The summed E-state index contributed by atoms with van der Waals surface area (Å²) in [5, 5.41) is 0. The number of anilines is 1. The first-order chi connectivity index (χ1) is 8.75. The van der Waals surface area contributed by atoms with E-state index >= 15 is 0 Å². The lowest BCUT2D eigenvalue weighted by molar-refractivity contribution is 0.423. The standard InChI is InChI=1S/C13H16FN3S/c14-10-2-1-3-11-12(10)17(13(15)16-11)8-9-4-6-18-7-5-9/h1-3,9H,4-8H2,(H2,15,16). The SMILES string of the molecule is Nc1nc2cccc(F)c2n1CC1CCSCC1. The molecule has 1 fully saturated rings. The fourth-order valence-electron chi connectivity index (χ4n) is 2.53. The Morgan fingerprint density at radius 2 is 2.17 bits per heavy atom. The normalized spacial score (nSPS) is 17.4. The van der Waals surface area contributed by atoms with E-state index in [-0.39, 0.29) is 5.82 Å². The predicted molar refractivity (Wildman–Crippen MR) is 74.2 cm³/mol. The molecule has 1 aliphatic heterocycles. The summed E-state index contributed by atoms with van der Waals surface area (Å²) in [5.74, 6) is 3.17. The average Bonchev–Trinajstić information content (AvgIpc) is 2.69. The molecule has 1 aromatic carbocycles.